The highest BCUT2D eigenvalue weighted by atomic mass is 16.3. The molecule has 0 atom stereocenters. The van der Waals surface area contributed by atoms with Gasteiger partial charge in [-0.05, 0) is 39.6 Å². The van der Waals surface area contributed by atoms with Gasteiger partial charge < -0.3 is 0 Å². The lowest BCUT2D eigenvalue weighted by atomic mass is 9.91. The number of benzene rings is 4. The smallest absolute Gasteiger partial charge is 0.123 e. The predicted molar refractivity (Wildman–Crippen MR) is 108 cm³/mol. The zero-order valence-corrected chi connectivity index (χ0v) is 14.2. The number of rotatable bonds is 4. The van der Waals surface area contributed by atoms with E-state index in [4.69, 9.17) is 0 Å². The summed E-state index contributed by atoms with van der Waals surface area (Å²) in [4.78, 5) is 11.8. The number of hydrogen-bond acceptors (Lipinski definition) is 2. The third-order valence-corrected chi connectivity index (χ3v) is 4.48. The zero-order valence-electron chi connectivity index (χ0n) is 14.2. The van der Waals surface area contributed by atoms with Gasteiger partial charge in [-0.25, -0.2) is 0 Å². The highest BCUT2D eigenvalue weighted by Gasteiger charge is 2.15. The van der Waals surface area contributed by atoms with E-state index in [1.807, 2.05) is 91.0 Å². The van der Waals surface area contributed by atoms with Crippen molar-refractivity contribution >= 4 is 5.69 Å². The van der Waals surface area contributed by atoms with Crippen LogP contribution in [0.1, 0.15) is 0 Å². The maximum Gasteiger partial charge on any atom is 0.123 e. The van der Waals surface area contributed by atoms with Gasteiger partial charge in [0.2, 0.25) is 0 Å². The van der Waals surface area contributed by atoms with Crippen molar-refractivity contribution in [3.8, 4) is 33.4 Å². The summed E-state index contributed by atoms with van der Waals surface area (Å²) in [6.07, 6.45) is 0. The van der Waals surface area contributed by atoms with Crippen molar-refractivity contribution in [3.63, 3.8) is 0 Å². The van der Waals surface area contributed by atoms with Gasteiger partial charge in [0, 0.05) is 11.1 Å². The van der Waals surface area contributed by atoms with Crippen molar-refractivity contribution in [1.29, 1.82) is 0 Å². The lowest BCUT2D eigenvalue weighted by molar-refractivity contribution is 1.47. The molecule has 4 aromatic carbocycles. The van der Waals surface area contributed by atoms with E-state index in [-0.39, 0.29) is 0 Å². The normalized spacial score (nSPS) is 10.5. The fourth-order valence-corrected chi connectivity index (χ4v) is 3.21. The summed E-state index contributed by atoms with van der Waals surface area (Å²) in [6, 6.07) is 34.2. The minimum atomic E-state index is 0.474. The van der Waals surface area contributed by atoms with Crippen molar-refractivity contribution in [1.82, 2.24) is 0 Å². The SMILES string of the molecule is O=Nc1c(-c2ccccc2)cc(-c2ccccc2)cc1-c1ccccc1. The average molecular weight is 335 g/mol. The lowest BCUT2D eigenvalue weighted by Crippen LogP contribution is -1.88. The molecule has 0 radical (unpaired) electrons. The first-order valence-corrected chi connectivity index (χ1v) is 8.54. The van der Waals surface area contributed by atoms with Crippen molar-refractivity contribution in [2.45, 2.75) is 0 Å². The molecule has 0 aliphatic rings. The van der Waals surface area contributed by atoms with E-state index in [1.54, 1.807) is 0 Å². The third kappa shape index (κ3) is 3.05. The van der Waals surface area contributed by atoms with E-state index >= 15 is 0 Å². The Bertz CT molecular complexity index is 965. The highest BCUT2D eigenvalue weighted by molar-refractivity contribution is 5.92. The van der Waals surface area contributed by atoms with Gasteiger partial charge in [-0.1, -0.05) is 91.0 Å². The van der Waals surface area contributed by atoms with Gasteiger partial charge in [0.25, 0.3) is 0 Å². The summed E-state index contributed by atoms with van der Waals surface area (Å²) in [5.74, 6) is 0. The molecule has 124 valence electrons. The van der Waals surface area contributed by atoms with Crippen LogP contribution in [-0.4, -0.2) is 0 Å². The van der Waals surface area contributed by atoms with Gasteiger partial charge in [-0.2, -0.15) is 0 Å². The first-order chi connectivity index (χ1) is 12.9. The van der Waals surface area contributed by atoms with Crippen molar-refractivity contribution < 1.29 is 0 Å². The first-order valence-electron chi connectivity index (χ1n) is 8.54. The predicted octanol–water partition coefficient (Wildman–Crippen LogP) is 7.09. The van der Waals surface area contributed by atoms with E-state index in [9.17, 15) is 4.91 Å². The van der Waals surface area contributed by atoms with Gasteiger partial charge in [-0.3, -0.25) is 0 Å². The maximum absolute atomic E-state index is 11.8. The Kier molecular flexibility index (Phi) is 4.40. The minimum absolute atomic E-state index is 0.474. The molecule has 0 saturated carbocycles. The van der Waals surface area contributed by atoms with Crippen LogP contribution >= 0.6 is 0 Å². The topological polar surface area (TPSA) is 29.4 Å². The average Bonchev–Trinajstić information content (AvgIpc) is 2.74. The Morgan fingerprint density at radius 1 is 0.462 bits per heavy atom. The number of nitrogens with zero attached hydrogens (tertiary/aromatic N) is 1. The van der Waals surface area contributed by atoms with Crippen molar-refractivity contribution in [3.05, 3.63) is 108 Å². The molecule has 0 spiro atoms. The van der Waals surface area contributed by atoms with Crippen LogP contribution < -0.4 is 0 Å². The fourth-order valence-electron chi connectivity index (χ4n) is 3.21. The van der Waals surface area contributed by atoms with Crippen LogP contribution in [0.3, 0.4) is 0 Å². The van der Waals surface area contributed by atoms with E-state index in [1.165, 1.54) is 0 Å². The minimum Gasteiger partial charge on any atom is -0.145 e. The molecule has 0 heterocycles. The Morgan fingerprint density at radius 2 is 0.846 bits per heavy atom. The van der Waals surface area contributed by atoms with Gasteiger partial charge in [0.05, 0.1) is 0 Å². The number of hydrogen-bond donors (Lipinski definition) is 0. The molecule has 0 fully saturated rings. The molecule has 4 rings (SSSR count). The highest BCUT2D eigenvalue weighted by Crippen LogP contribution is 2.42. The Hall–Kier alpha value is -3.52. The third-order valence-electron chi connectivity index (χ3n) is 4.48. The molecule has 4 aromatic rings. The molecule has 0 aromatic heterocycles. The summed E-state index contributed by atoms with van der Waals surface area (Å²) in [5, 5.41) is 3.41. The van der Waals surface area contributed by atoms with E-state index < -0.39 is 0 Å². The van der Waals surface area contributed by atoms with E-state index in [0.29, 0.717) is 5.69 Å². The zero-order chi connectivity index (χ0) is 17.8. The second kappa shape index (κ2) is 7.16. The lowest BCUT2D eigenvalue weighted by Gasteiger charge is -2.14. The van der Waals surface area contributed by atoms with Crippen LogP contribution in [0.4, 0.5) is 5.69 Å². The van der Waals surface area contributed by atoms with Crippen LogP contribution in [0, 0.1) is 4.91 Å². The Morgan fingerprint density at radius 3 is 1.23 bits per heavy atom. The second-order valence-electron chi connectivity index (χ2n) is 6.11. The summed E-state index contributed by atoms with van der Waals surface area (Å²) < 4.78 is 0. The summed E-state index contributed by atoms with van der Waals surface area (Å²) in [7, 11) is 0. The second-order valence-corrected chi connectivity index (χ2v) is 6.11. The van der Waals surface area contributed by atoms with Crippen LogP contribution in [0.15, 0.2) is 108 Å². The summed E-state index contributed by atoms with van der Waals surface area (Å²) >= 11 is 0. The molecule has 0 aliphatic heterocycles. The van der Waals surface area contributed by atoms with Gasteiger partial charge in [0.1, 0.15) is 5.69 Å². The molecule has 2 nitrogen and oxygen atoms in total. The molecular weight excluding hydrogens is 318 g/mol. The first kappa shape index (κ1) is 16.0. The van der Waals surface area contributed by atoms with Gasteiger partial charge in [0.15, 0.2) is 0 Å². The van der Waals surface area contributed by atoms with Crippen LogP contribution in [0.2, 0.25) is 0 Å². The van der Waals surface area contributed by atoms with Crippen LogP contribution in [0.5, 0.6) is 0 Å². The van der Waals surface area contributed by atoms with Crippen LogP contribution in [-0.2, 0) is 0 Å². The molecule has 0 aliphatic carbocycles. The molecule has 26 heavy (non-hydrogen) atoms. The Balaban J connectivity index is 2.03. The van der Waals surface area contributed by atoms with Crippen molar-refractivity contribution in [2.75, 3.05) is 0 Å². The molecular formula is C24H17NO. The molecule has 0 unspecified atom stereocenters. The van der Waals surface area contributed by atoms with E-state index in [2.05, 4.69) is 17.3 Å². The monoisotopic (exact) mass is 335 g/mol. The summed E-state index contributed by atoms with van der Waals surface area (Å²) in [6.45, 7) is 0. The van der Waals surface area contributed by atoms with E-state index in [0.717, 1.165) is 33.4 Å². The van der Waals surface area contributed by atoms with Crippen LogP contribution in [0.25, 0.3) is 33.4 Å². The Labute approximate surface area is 152 Å². The van der Waals surface area contributed by atoms with Gasteiger partial charge in [-0.15, -0.1) is 4.91 Å². The number of nitroso groups, excluding NO2 is 1. The molecule has 0 N–H and O–H groups in total. The largest absolute Gasteiger partial charge is 0.145 e. The van der Waals surface area contributed by atoms with Gasteiger partial charge >= 0.3 is 0 Å². The van der Waals surface area contributed by atoms with Crippen molar-refractivity contribution in [2.24, 2.45) is 5.18 Å². The maximum atomic E-state index is 11.8. The standard InChI is InChI=1S/C24H17NO/c26-25-24-22(19-12-6-2-7-13-19)16-21(18-10-4-1-5-11-18)17-23(24)20-14-8-3-9-15-20/h1-17H. The fraction of sp³-hybridized carbons (Fsp3) is 0. The molecule has 0 amide bonds. The molecule has 2 heteroatoms. The molecule has 0 bridgehead atoms. The molecule has 0 saturated heterocycles. The quantitative estimate of drug-likeness (QED) is 0.366. The summed E-state index contributed by atoms with van der Waals surface area (Å²) in [5.41, 5.74) is 6.31.